The van der Waals surface area contributed by atoms with Crippen molar-refractivity contribution in [2.75, 3.05) is 10.0 Å². The molecule has 9 heteroatoms. The highest BCUT2D eigenvalue weighted by Gasteiger charge is 2.50. The number of amides is 2. The maximum atomic E-state index is 13.8. The fourth-order valence-electron chi connectivity index (χ4n) is 4.92. The first kappa shape index (κ1) is 23.1. The van der Waals surface area contributed by atoms with Crippen molar-refractivity contribution < 1.29 is 14.5 Å². The standard InChI is InChI=1S/C27H23N5O4/c1-17-23(26(33)30(28-17)20-11-5-3-6-12-20)25(19-10-9-15-22(16-19)32(35)36)24-18(2)29-31(27(24)34)21-13-7-4-8-14-21/h3-16,23-25H,1-2H3/t23-,24+,25?. The molecule has 0 saturated heterocycles. The third-order valence-corrected chi connectivity index (χ3v) is 6.55. The molecule has 2 amide bonds. The lowest BCUT2D eigenvalue weighted by atomic mass is 9.73. The summed E-state index contributed by atoms with van der Waals surface area (Å²) in [4.78, 5) is 38.6. The third kappa shape index (κ3) is 3.94. The smallest absolute Gasteiger partial charge is 0.269 e. The van der Waals surface area contributed by atoms with E-state index in [4.69, 9.17) is 0 Å². The first-order valence-electron chi connectivity index (χ1n) is 11.5. The van der Waals surface area contributed by atoms with E-state index in [-0.39, 0.29) is 17.5 Å². The molecule has 180 valence electrons. The topological polar surface area (TPSA) is 108 Å². The number of anilines is 2. The summed E-state index contributed by atoms with van der Waals surface area (Å²) in [6.45, 7) is 3.49. The molecule has 0 spiro atoms. The molecule has 9 nitrogen and oxygen atoms in total. The lowest BCUT2D eigenvalue weighted by molar-refractivity contribution is -0.384. The first-order valence-corrected chi connectivity index (χ1v) is 11.5. The molecule has 3 atom stereocenters. The van der Waals surface area contributed by atoms with Gasteiger partial charge in [0.05, 0.1) is 28.1 Å². The summed E-state index contributed by atoms with van der Waals surface area (Å²) in [5.74, 6) is -2.94. The van der Waals surface area contributed by atoms with E-state index in [1.165, 1.54) is 22.2 Å². The molecule has 2 aliphatic rings. The molecular formula is C27H23N5O4. The number of nitrogens with zero attached hydrogens (tertiary/aromatic N) is 5. The van der Waals surface area contributed by atoms with Gasteiger partial charge in [0.25, 0.3) is 17.5 Å². The molecule has 5 rings (SSSR count). The molecule has 3 aromatic rings. The minimum absolute atomic E-state index is 0.114. The lowest BCUT2D eigenvalue weighted by Gasteiger charge is -2.28. The minimum Gasteiger partial charge on any atom is -0.272 e. The minimum atomic E-state index is -0.804. The van der Waals surface area contributed by atoms with Gasteiger partial charge in [0.15, 0.2) is 0 Å². The highest BCUT2D eigenvalue weighted by molar-refractivity contribution is 6.19. The number of rotatable bonds is 6. The summed E-state index contributed by atoms with van der Waals surface area (Å²) in [6.07, 6.45) is 0. The molecule has 1 unspecified atom stereocenters. The number of carbonyl (C=O) groups is 2. The van der Waals surface area contributed by atoms with E-state index in [9.17, 15) is 19.7 Å². The zero-order valence-electron chi connectivity index (χ0n) is 19.7. The van der Waals surface area contributed by atoms with E-state index >= 15 is 0 Å². The van der Waals surface area contributed by atoms with Crippen LogP contribution in [0.25, 0.3) is 0 Å². The van der Waals surface area contributed by atoms with Gasteiger partial charge in [0.2, 0.25) is 0 Å². The Morgan fingerprint density at radius 1 is 0.750 bits per heavy atom. The van der Waals surface area contributed by atoms with E-state index in [1.807, 2.05) is 36.4 Å². The van der Waals surface area contributed by atoms with Gasteiger partial charge in [-0.3, -0.25) is 19.7 Å². The van der Waals surface area contributed by atoms with Gasteiger partial charge in [0.1, 0.15) is 0 Å². The second-order valence-electron chi connectivity index (χ2n) is 8.79. The van der Waals surface area contributed by atoms with Crippen molar-refractivity contribution in [3.05, 3.63) is 101 Å². The van der Waals surface area contributed by atoms with Crippen molar-refractivity contribution in [1.29, 1.82) is 0 Å². The van der Waals surface area contributed by atoms with E-state index in [1.54, 1.807) is 50.2 Å². The van der Waals surface area contributed by atoms with Gasteiger partial charge in [0, 0.05) is 29.5 Å². The first-order chi connectivity index (χ1) is 17.4. The number of nitro benzene ring substituents is 1. The molecule has 2 aliphatic heterocycles. The molecule has 0 radical (unpaired) electrons. The molecule has 36 heavy (non-hydrogen) atoms. The third-order valence-electron chi connectivity index (χ3n) is 6.55. The van der Waals surface area contributed by atoms with Crippen LogP contribution in [0.1, 0.15) is 25.3 Å². The zero-order chi connectivity index (χ0) is 25.4. The van der Waals surface area contributed by atoms with Gasteiger partial charge >= 0.3 is 0 Å². The van der Waals surface area contributed by atoms with Crippen molar-refractivity contribution in [3.63, 3.8) is 0 Å². The maximum Gasteiger partial charge on any atom is 0.269 e. The van der Waals surface area contributed by atoms with Crippen LogP contribution in [0, 0.1) is 22.0 Å². The number of para-hydroxylation sites is 2. The van der Waals surface area contributed by atoms with Crippen molar-refractivity contribution in [2.24, 2.45) is 22.0 Å². The monoisotopic (exact) mass is 481 g/mol. The van der Waals surface area contributed by atoms with Gasteiger partial charge in [-0.05, 0) is 43.7 Å². The van der Waals surface area contributed by atoms with Gasteiger partial charge in [-0.25, -0.2) is 10.0 Å². The van der Waals surface area contributed by atoms with Crippen molar-refractivity contribution in [2.45, 2.75) is 19.8 Å². The number of carbonyl (C=O) groups excluding carboxylic acids is 2. The summed E-state index contributed by atoms with van der Waals surface area (Å²) < 4.78 is 0. The highest BCUT2D eigenvalue weighted by atomic mass is 16.6. The average molecular weight is 482 g/mol. The van der Waals surface area contributed by atoms with Crippen LogP contribution < -0.4 is 10.0 Å². The number of hydrogen-bond acceptors (Lipinski definition) is 6. The van der Waals surface area contributed by atoms with Crippen LogP contribution in [0.5, 0.6) is 0 Å². The van der Waals surface area contributed by atoms with Crippen molar-refractivity contribution in [3.8, 4) is 0 Å². The maximum absolute atomic E-state index is 13.8. The normalized spacial score (nSPS) is 20.4. The predicted octanol–water partition coefficient (Wildman–Crippen LogP) is 4.76. The Balaban J connectivity index is 1.60. The fraction of sp³-hybridized carbons (Fsp3) is 0.185. The summed E-state index contributed by atoms with van der Waals surface area (Å²) in [5.41, 5.74) is 2.66. The predicted molar refractivity (Wildman–Crippen MR) is 137 cm³/mol. The fourth-order valence-corrected chi connectivity index (χ4v) is 4.92. The molecule has 0 saturated carbocycles. The van der Waals surface area contributed by atoms with E-state index < -0.39 is 22.7 Å². The lowest BCUT2D eigenvalue weighted by Crippen LogP contribution is -2.40. The van der Waals surface area contributed by atoms with Gasteiger partial charge in [-0.15, -0.1) is 0 Å². The molecule has 0 bridgehead atoms. The summed E-state index contributed by atoms with van der Waals surface area (Å²) in [6, 6.07) is 24.2. The van der Waals surface area contributed by atoms with Crippen LogP contribution in [0.3, 0.4) is 0 Å². The van der Waals surface area contributed by atoms with Crippen molar-refractivity contribution >= 4 is 40.3 Å². The molecule has 0 aliphatic carbocycles. The van der Waals surface area contributed by atoms with Crippen LogP contribution in [-0.2, 0) is 9.59 Å². The molecule has 2 heterocycles. The number of hydrogen-bond donors (Lipinski definition) is 0. The number of hydrazone groups is 2. The van der Waals surface area contributed by atoms with Crippen LogP contribution in [0.2, 0.25) is 0 Å². The number of benzene rings is 3. The average Bonchev–Trinajstić information content (AvgIpc) is 3.36. The van der Waals surface area contributed by atoms with E-state index in [2.05, 4.69) is 10.2 Å². The summed E-state index contributed by atoms with van der Waals surface area (Å²) in [5, 5.41) is 23.3. The number of nitro groups is 1. The van der Waals surface area contributed by atoms with Crippen LogP contribution in [-0.4, -0.2) is 28.2 Å². The van der Waals surface area contributed by atoms with Crippen LogP contribution >= 0.6 is 0 Å². The highest BCUT2D eigenvalue weighted by Crippen LogP contribution is 2.43. The Morgan fingerprint density at radius 2 is 1.22 bits per heavy atom. The zero-order valence-corrected chi connectivity index (χ0v) is 19.7. The second kappa shape index (κ2) is 9.18. The molecule has 0 N–H and O–H groups in total. The van der Waals surface area contributed by atoms with Crippen LogP contribution in [0.4, 0.5) is 17.1 Å². The van der Waals surface area contributed by atoms with Gasteiger partial charge in [-0.2, -0.15) is 10.2 Å². The van der Waals surface area contributed by atoms with Crippen molar-refractivity contribution in [1.82, 2.24) is 0 Å². The number of non-ortho nitro benzene ring substituents is 1. The Morgan fingerprint density at radius 3 is 1.67 bits per heavy atom. The SMILES string of the molecule is CC1=NN(c2ccccc2)C(=O)[C@H]1C(c1cccc([N+](=O)[O-])c1)[C@H]1C(=O)N(c2ccccc2)N=C1C. The Labute approximate surface area is 207 Å². The Kier molecular flexibility index (Phi) is 5.89. The molecular weight excluding hydrogens is 458 g/mol. The Bertz CT molecular complexity index is 1320. The van der Waals surface area contributed by atoms with Crippen LogP contribution in [0.15, 0.2) is 95.1 Å². The van der Waals surface area contributed by atoms with Gasteiger partial charge in [-0.1, -0.05) is 48.5 Å². The quantitative estimate of drug-likeness (QED) is 0.374. The van der Waals surface area contributed by atoms with E-state index in [0.717, 1.165) is 0 Å². The summed E-state index contributed by atoms with van der Waals surface area (Å²) >= 11 is 0. The molecule has 0 aromatic heterocycles. The molecule has 3 aromatic carbocycles. The van der Waals surface area contributed by atoms with Gasteiger partial charge < -0.3 is 0 Å². The largest absolute Gasteiger partial charge is 0.272 e. The summed E-state index contributed by atoms with van der Waals surface area (Å²) in [7, 11) is 0. The van der Waals surface area contributed by atoms with E-state index in [0.29, 0.717) is 28.4 Å². The Hall–Kier alpha value is -4.66. The second-order valence-corrected chi connectivity index (χ2v) is 8.79. The molecule has 0 fully saturated rings.